The van der Waals surface area contributed by atoms with Crippen LogP contribution in [-0.2, 0) is 0 Å². The molecule has 0 saturated heterocycles. The Balaban J connectivity index is 3.04. The molecule has 0 fully saturated rings. The molecule has 2 atom stereocenters. The minimum Gasteiger partial charge on any atom is -0.392 e. The number of nitrogens with zero attached hydrogens (tertiary/aromatic N) is 2. The molecule has 1 N–H and O–H groups in total. The Morgan fingerprint density at radius 3 is 2.24 bits per heavy atom. The van der Waals surface area contributed by atoms with Gasteiger partial charge in [-0.3, -0.25) is 0 Å². The van der Waals surface area contributed by atoms with Crippen molar-refractivity contribution in [1.82, 2.24) is 0 Å². The van der Waals surface area contributed by atoms with Gasteiger partial charge in [0.1, 0.15) is 5.92 Å². The van der Waals surface area contributed by atoms with Gasteiger partial charge in [0.25, 0.3) is 0 Å². The highest BCUT2D eigenvalue weighted by Gasteiger charge is 2.29. The highest BCUT2D eigenvalue weighted by atomic mass is 16.3. The van der Waals surface area contributed by atoms with Crippen LogP contribution >= 0.6 is 0 Å². The third-order valence-electron chi connectivity index (χ3n) is 2.82. The van der Waals surface area contributed by atoms with Crippen LogP contribution in [0.2, 0.25) is 0 Å². The Morgan fingerprint density at radius 1 is 1.18 bits per heavy atom. The van der Waals surface area contributed by atoms with Crippen molar-refractivity contribution in [3.63, 3.8) is 0 Å². The lowest BCUT2D eigenvalue weighted by Crippen LogP contribution is -2.24. The van der Waals surface area contributed by atoms with Crippen molar-refractivity contribution in [2.45, 2.75) is 31.8 Å². The van der Waals surface area contributed by atoms with E-state index in [0.29, 0.717) is 6.42 Å². The Hall–Kier alpha value is -1.84. The van der Waals surface area contributed by atoms with Gasteiger partial charge in [-0.15, -0.1) is 0 Å². The summed E-state index contributed by atoms with van der Waals surface area (Å²) in [5.41, 5.74) is 0.849. The Bertz CT molecular complexity index is 402. The highest BCUT2D eigenvalue weighted by Crippen LogP contribution is 2.29. The normalized spacial score (nSPS) is 13.7. The summed E-state index contributed by atoms with van der Waals surface area (Å²) in [6, 6.07) is 13.2. The lowest BCUT2D eigenvalue weighted by Gasteiger charge is -2.23. The predicted molar refractivity (Wildman–Crippen MR) is 64.8 cm³/mol. The predicted octanol–water partition coefficient (Wildman–Crippen LogP) is 2.59. The van der Waals surface area contributed by atoms with Gasteiger partial charge in [0.05, 0.1) is 18.2 Å². The summed E-state index contributed by atoms with van der Waals surface area (Å²) in [6.45, 7) is 1.97. The first-order chi connectivity index (χ1) is 8.24. The van der Waals surface area contributed by atoms with Crippen molar-refractivity contribution in [2.24, 2.45) is 5.92 Å². The molecule has 0 bridgehead atoms. The molecule has 1 aromatic carbocycles. The van der Waals surface area contributed by atoms with Crippen LogP contribution in [0.5, 0.6) is 0 Å². The zero-order valence-corrected chi connectivity index (χ0v) is 9.87. The zero-order chi connectivity index (χ0) is 12.7. The van der Waals surface area contributed by atoms with E-state index < -0.39 is 17.9 Å². The fraction of sp³-hybridized carbons (Fsp3) is 0.429. The fourth-order valence-electron chi connectivity index (χ4n) is 1.98. The molecule has 0 radical (unpaired) electrons. The molecule has 0 aromatic heterocycles. The molecular formula is C14H16N2O. The molecule has 17 heavy (non-hydrogen) atoms. The van der Waals surface area contributed by atoms with Gasteiger partial charge in [0, 0.05) is 5.92 Å². The van der Waals surface area contributed by atoms with Gasteiger partial charge in [0.15, 0.2) is 0 Å². The molecule has 1 rings (SSSR count). The second kappa shape index (κ2) is 6.68. The third kappa shape index (κ3) is 3.31. The van der Waals surface area contributed by atoms with Crippen LogP contribution in [-0.4, -0.2) is 11.2 Å². The van der Waals surface area contributed by atoms with Crippen LogP contribution in [0, 0.1) is 28.6 Å². The van der Waals surface area contributed by atoms with Crippen LogP contribution < -0.4 is 0 Å². The number of rotatable bonds is 5. The summed E-state index contributed by atoms with van der Waals surface area (Å²) in [7, 11) is 0. The van der Waals surface area contributed by atoms with E-state index >= 15 is 0 Å². The molecule has 3 heteroatoms. The van der Waals surface area contributed by atoms with E-state index in [0.717, 1.165) is 12.0 Å². The lowest BCUT2D eigenvalue weighted by molar-refractivity contribution is 0.124. The van der Waals surface area contributed by atoms with Crippen LogP contribution in [0.3, 0.4) is 0 Å². The molecule has 88 valence electrons. The van der Waals surface area contributed by atoms with Crippen molar-refractivity contribution in [2.75, 3.05) is 0 Å². The quantitative estimate of drug-likeness (QED) is 0.842. The second-order valence-corrected chi connectivity index (χ2v) is 4.03. The summed E-state index contributed by atoms with van der Waals surface area (Å²) in [4.78, 5) is 0. The van der Waals surface area contributed by atoms with Crippen LogP contribution in [0.25, 0.3) is 0 Å². The monoisotopic (exact) mass is 228 g/mol. The van der Waals surface area contributed by atoms with Gasteiger partial charge in [0.2, 0.25) is 0 Å². The topological polar surface area (TPSA) is 67.8 Å². The van der Waals surface area contributed by atoms with Crippen molar-refractivity contribution >= 4 is 0 Å². The van der Waals surface area contributed by atoms with Crippen molar-refractivity contribution in [3.8, 4) is 12.1 Å². The molecule has 1 aromatic rings. The van der Waals surface area contributed by atoms with Crippen LogP contribution in [0.15, 0.2) is 30.3 Å². The SMILES string of the molecule is CCC[C@@H](O)[C@H](c1ccccc1)C(C#N)C#N. The first-order valence-electron chi connectivity index (χ1n) is 5.76. The summed E-state index contributed by atoms with van der Waals surface area (Å²) >= 11 is 0. The Labute approximate surface area is 102 Å². The maximum Gasteiger partial charge on any atom is 0.142 e. The van der Waals surface area contributed by atoms with E-state index in [2.05, 4.69) is 0 Å². The van der Waals surface area contributed by atoms with Gasteiger partial charge in [-0.25, -0.2) is 0 Å². The fourth-order valence-corrected chi connectivity index (χ4v) is 1.98. The van der Waals surface area contributed by atoms with Crippen molar-refractivity contribution < 1.29 is 5.11 Å². The molecule has 0 aliphatic carbocycles. The van der Waals surface area contributed by atoms with Gasteiger partial charge in [-0.1, -0.05) is 43.7 Å². The third-order valence-corrected chi connectivity index (χ3v) is 2.82. The minimum absolute atomic E-state index is 0.425. The molecule has 0 heterocycles. The van der Waals surface area contributed by atoms with Gasteiger partial charge in [-0.05, 0) is 12.0 Å². The van der Waals surface area contributed by atoms with Gasteiger partial charge >= 0.3 is 0 Å². The summed E-state index contributed by atoms with van der Waals surface area (Å²) in [5.74, 6) is -1.23. The summed E-state index contributed by atoms with van der Waals surface area (Å²) < 4.78 is 0. The first kappa shape index (κ1) is 13.2. The zero-order valence-electron chi connectivity index (χ0n) is 9.87. The number of aliphatic hydroxyl groups is 1. The summed E-state index contributed by atoms with van der Waals surface area (Å²) in [6.07, 6.45) is 0.778. The number of hydrogen-bond acceptors (Lipinski definition) is 3. The van der Waals surface area contributed by atoms with E-state index in [1.54, 1.807) is 0 Å². The smallest absolute Gasteiger partial charge is 0.142 e. The van der Waals surface area contributed by atoms with E-state index in [9.17, 15) is 5.11 Å². The van der Waals surface area contributed by atoms with Crippen molar-refractivity contribution in [1.29, 1.82) is 10.5 Å². The number of aliphatic hydroxyl groups excluding tert-OH is 1. The largest absolute Gasteiger partial charge is 0.392 e. The molecule has 0 aliphatic rings. The van der Waals surface area contributed by atoms with E-state index in [1.807, 2.05) is 49.4 Å². The summed E-state index contributed by atoms with van der Waals surface area (Å²) in [5, 5.41) is 28.1. The maximum absolute atomic E-state index is 10.1. The lowest BCUT2D eigenvalue weighted by atomic mass is 9.82. The maximum atomic E-state index is 10.1. The van der Waals surface area contributed by atoms with Crippen LogP contribution in [0.1, 0.15) is 31.2 Å². The van der Waals surface area contributed by atoms with Gasteiger partial charge < -0.3 is 5.11 Å². The van der Waals surface area contributed by atoms with E-state index in [-0.39, 0.29) is 0 Å². The number of nitriles is 2. The highest BCUT2D eigenvalue weighted by molar-refractivity contribution is 5.26. The average Bonchev–Trinajstić information content (AvgIpc) is 2.37. The Morgan fingerprint density at radius 2 is 1.76 bits per heavy atom. The van der Waals surface area contributed by atoms with Crippen molar-refractivity contribution in [3.05, 3.63) is 35.9 Å². The van der Waals surface area contributed by atoms with E-state index in [1.165, 1.54) is 0 Å². The molecular weight excluding hydrogens is 212 g/mol. The molecule has 0 spiro atoms. The van der Waals surface area contributed by atoms with E-state index in [4.69, 9.17) is 10.5 Å². The average molecular weight is 228 g/mol. The molecule has 3 nitrogen and oxygen atoms in total. The molecule has 0 amide bonds. The Kier molecular flexibility index (Phi) is 5.20. The van der Waals surface area contributed by atoms with Crippen LogP contribution in [0.4, 0.5) is 0 Å². The number of hydrogen-bond donors (Lipinski definition) is 1. The molecule has 0 saturated carbocycles. The first-order valence-corrected chi connectivity index (χ1v) is 5.76. The number of benzene rings is 1. The second-order valence-electron chi connectivity index (χ2n) is 4.03. The molecule has 0 unspecified atom stereocenters. The standard InChI is InChI=1S/C14H16N2O/c1-2-6-13(17)14(12(9-15)10-16)11-7-4-3-5-8-11/h3-5,7-8,12-14,17H,2,6H2,1H3/t13-,14-/m1/s1. The minimum atomic E-state index is -0.807. The van der Waals surface area contributed by atoms with Gasteiger partial charge in [-0.2, -0.15) is 10.5 Å². The molecule has 0 aliphatic heterocycles.